The summed E-state index contributed by atoms with van der Waals surface area (Å²) in [4.78, 5) is 12.8. The second-order valence-electron chi connectivity index (χ2n) is 7.08. The zero-order chi connectivity index (χ0) is 20.4. The van der Waals surface area contributed by atoms with Crippen LogP contribution >= 0.6 is 11.6 Å². The minimum atomic E-state index is -0.337. The third-order valence-corrected chi connectivity index (χ3v) is 5.31. The number of amides is 1. The van der Waals surface area contributed by atoms with E-state index < -0.39 is 0 Å². The molecule has 3 nitrogen and oxygen atoms in total. The third kappa shape index (κ3) is 4.17. The first-order valence-electron chi connectivity index (χ1n) is 9.36. The Hall–Kier alpha value is -3.11. The molecule has 4 rings (SSSR count). The lowest BCUT2D eigenvalue weighted by Crippen LogP contribution is -2.16. The highest BCUT2D eigenvalue weighted by Crippen LogP contribution is 2.35. The molecule has 29 heavy (non-hydrogen) atoms. The number of carbonyl (C=O) groups excluding carboxylic acids is 1. The lowest BCUT2D eigenvalue weighted by molar-refractivity contribution is -0.116. The first kappa shape index (κ1) is 19.2. The molecule has 0 saturated carbocycles. The van der Waals surface area contributed by atoms with Gasteiger partial charge in [-0.1, -0.05) is 41.9 Å². The van der Waals surface area contributed by atoms with Crippen molar-refractivity contribution < 1.29 is 9.18 Å². The van der Waals surface area contributed by atoms with Gasteiger partial charge in [0, 0.05) is 47.2 Å². The standard InChI is InChI=1S/C24H20ClFN2O/c1-28-15-22(20-7-2-3-8-23(20)28)21(16-5-4-6-17(25)13-16)14-24(29)27-19-11-9-18(26)10-12-19/h2-13,15,21H,14H2,1H3,(H,27,29). The second kappa shape index (κ2) is 8.10. The molecule has 0 fully saturated rings. The van der Waals surface area contributed by atoms with Crippen LogP contribution in [-0.4, -0.2) is 10.5 Å². The Bertz CT molecular complexity index is 1170. The van der Waals surface area contributed by atoms with Gasteiger partial charge in [0.15, 0.2) is 0 Å². The van der Waals surface area contributed by atoms with Crippen LogP contribution in [0.5, 0.6) is 0 Å². The number of hydrogen-bond acceptors (Lipinski definition) is 1. The van der Waals surface area contributed by atoms with E-state index in [9.17, 15) is 9.18 Å². The van der Waals surface area contributed by atoms with E-state index >= 15 is 0 Å². The van der Waals surface area contributed by atoms with Crippen molar-refractivity contribution in [2.75, 3.05) is 5.32 Å². The highest BCUT2D eigenvalue weighted by Gasteiger charge is 2.22. The number of hydrogen-bond donors (Lipinski definition) is 1. The predicted octanol–water partition coefficient (Wildman–Crippen LogP) is 6.13. The molecular formula is C24H20ClFN2O. The molecule has 5 heteroatoms. The molecule has 0 bridgehead atoms. The molecule has 3 aromatic carbocycles. The normalized spacial score (nSPS) is 12.1. The molecular weight excluding hydrogens is 387 g/mol. The fourth-order valence-electron chi connectivity index (χ4n) is 3.71. The Kier molecular flexibility index (Phi) is 5.36. The van der Waals surface area contributed by atoms with Crippen LogP contribution in [0.3, 0.4) is 0 Å². The molecule has 0 saturated heterocycles. The summed E-state index contributed by atoms with van der Waals surface area (Å²) >= 11 is 6.24. The van der Waals surface area contributed by atoms with Crippen molar-refractivity contribution in [1.82, 2.24) is 4.57 Å². The Morgan fingerprint density at radius 3 is 2.59 bits per heavy atom. The van der Waals surface area contributed by atoms with Gasteiger partial charge < -0.3 is 9.88 Å². The number of nitrogens with zero attached hydrogens (tertiary/aromatic N) is 1. The smallest absolute Gasteiger partial charge is 0.225 e. The molecule has 0 aliphatic heterocycles. The summed E-state index contributed by atoms with van der Waals surface area (Å²) in [5.41, 5.74) is 3.72. The molecule has 1 amide bonds. The van der Waals surface area contributed by atoms with E-state index in [1.807, 2.05) is 43.4 Å². The zero-order valence-electron chi connectivity index (χ0n) is 15.9. The van der Waals surface area contributed by atoms with E-state index in [4.69, 9.17) is 11.6 Å². The van der Waals surface area contributed by atoms with E-state index in [1.54, 1.807) is 12.1 Å². The first-order chi connectivity index (χ1) is 14.0. The molecule has 1 atom stereocenters. The summed E-state index contributed by atoms with van der Waals surface area (Å²) in [7, 11) is 2.00. The number of fused-ring (bicyclic) bond motifs is 1. The average molecular weight is 407 g/mol. The topological polar surface area (TPSA) is 34.0 Å². The fourth-order valence-corrected chi connectivity index (χ4v) is 3.91. The Labute approximate surface area is 173 Å². The molecule has 0 aliphatic carbocycles. The number of para-hydroxylation sites is 1. The maximum absolute atomic E-state index is 13.1. The van der Waals surface area contributed by atoms with Gasteiger partial charge >= 0.3 is 0 Å². The van der Waals surface area contributed by atoms with Crippen molar-refractivity contribution in [3.63, 3.8) is 0 Å². The molecule has 146 valence electrons. The highest BCUT2D eigenvalue weighted by atomic mass is 35.5. The molecule has 1 N–H and O–H groups in total. The minimum absolute atomic E-state index is 0.144. The van der Waals surface area contributed by atoms with Gasteiger partial charge in [-0.05, 0) is 53.6 Å². The van der Waals surface area contributed by atoms with Crippen LogP contribution in [0.2, 0.25) is 5.02 Å². The van der Waals surface area contributed by atoms with Crippen LogP contribution in [0.15, 0.2) is 79.0 Å². The molecule has 1 aromatic heterocycles. The fraction of sp³-hybridized carbons (Fsp3) is 0.125. The van der Waals surface area contributed by atoms with Gasteiger partial charge in [-0.3, -0.25) is 4.79 Å². The average Bonchev–Trinajstić information content (AvgIpc) is 3.05. The van der Waals surface area contributed by atoms with E-state index in [-0.39, 0.29) is 24.1 Å². The summed E-state index contributed by atoms with van der Waals surface area (Å²) in [5, 5.41) is 4.60. The Morgan fingerprint density at radius 1 is 1.07 bits per heavy atom. The largest absolute Gasteiger partial charge is 0.350 e. The number of benzene rings is 3. The Balaban J connectivity index is 1.71. The van der Waals surface area contributed by atoms with Gasteiger partial charge in [-0.2, -0.15) is 0 Å². The molecule has 0 aliphatic rings. The van der Waals surface area contributed by atoms with E-state index in [0.29, 0.717) is 10.7 Å². The number of rotatable bonds is 5. The minimum Gasteiger partial charge on any atom is -0.350 e. The van der Waals surface area contributed by atoms with Gasteiger partial charge in [0.05, 0.1) is 0 Å². The molecule has 1 heterocycles. The highest BCUT2D eigenvalue weighted by molar-refractivity contribution is 6.30. The van der Waals surface area contributed by atoms with Crippen molar-refractivity contribution in [3.05, 3.63) is 101 Å². The molecule has 4 aromatic rings. The first-order valence-corrected chi connectivity index (χ1v) is 9.74. The van der Waals surface area contributed by atoms with Crippen LogP contribution in [-0.2, 0) is 11.8 Å². The molecule has 0 radical (unpaired) electrons. The number of carbonyl (C=O) groups is 1. The van der Waals surface area contributed by atoms with Gasteiger partial charge in [0.2, 0.25) is 5.91 Å². The van der Waals surface area contributed by atoms with Gasteiger partial charge in [-0.15, -0.1) is 0 Å². The summed E-state index contributed by atoms with van der Waals surface area (Å²) in [6.45, 7) is 0. The Morgan fingerprint density at radius 2 is 1.83 bits per heavy atom. The van der Waals surface area contributed by atoms with Crippen molar-refractivity contribution in [1.29, 1.82) is 0 Å². The maximum atomic E-state index is 13.1. The predicted molar refractivity (Wildman–Crippen MR) is 116 cm³/mol. The number of aromatic nitrogens is 1. The monoisotopic (exact) mass is 406 g/mol. The number of anilines is 1. The van der Waals surface area contributed by atoms with Crippen molar-refractivity contribution in [2.45, 2.75) is 12.3 Å². The van der Waals surface area contributed by atoms with Gasteiger partial charge in [0.1, 0.15) is 5.82 Å². The summed E-state index contributed by atoms with van der Waals surface area (Å²) in [6.07, 6.45) is 2.31. The summed E-state index contributed by atoms with van der Waals surface area (Å²) in [6, 6.07) is 21.5. The summed E-state index contributed by atoms with van der Waals surface area (Å²) in [5.74, 6) is -0.648. The van der Waals surface area contributed by atoms with Crippen LogP contribution in [0.25, 0.3) is 10.9 Å². The lowest BCUT2D eigenvalue weighted by atomic mass is 9.88. The SMILES string of the molecule is Cn1cc(C(CC(=O)Nc2ccc(F)cc2)c2cccc(Cl)c2)c2ccccc21. The zero-order valence-corrected chi connectivity index (χ0v) is 16.7. The van der Waals surface area contributed by atoms with Crippen molar-refractivity contribution in [2.24, 2.45) is 7.05 Å². The number of aryl methyl sites for hydroxylation is 1. The number of nitrogens with one attached hydrogen (secondary N) is 1. The van der Waals surface area contributed by atoms with Gasteiger partial charge in [-0.25, -0.2) is 4.39 Å². The number of halogens is 2. The van der Waals surface area contributed by atoms with E-state index in [2.05, 4.69) is 28.2 Å². The second-order valence-corrected chi connectivity index (χ2v) is 7.52. The van der Waals surface area contributed by atoms with Crippen LogP contribution < -0.4 is 5.32 Å². The summed E-state index contributed by atoms with van der Waals surface area (Å²) < 4.78 is 15.2. The molecule has 1 unspecified atom stereocenters. The van der Waals surface area contributed by atoms with E-state index in [0.717, 1.165) is 22.0 Å². The van der Waals surface area contributed by atoms with Gasteiger partial charge in [0.25, 0.3) is 0 Å². The third-order valence-electron chi connectivity index (χ3n) is 5.07. The van der Waals surface area contributed by atoms with Crippen LogP contribution in [0.1, 0.15) is 23.5 Å². The maximum Gasteiger partial charge on any atom is 0.225 e. The lowest BCUT2D eigenvalue weighted by Gasteiger charge is -2.18. The van der Waals surface area contributed by atoms with Crippen molar-refractivity contribution in [3.8, 4) is 0 Å². The van der Waals surface area contributed by atoms with Crippen LogP contribution in [0, 0.1) is 5.82 Å². The van der Waals surface area contributed by atoms with Crippen molar-refractivity contribution >= 4 is 34.1 Å². The molecule has 0 spiro atoms. The van der Waals surface area contributed by atoms with E-state index in [1.165, 1.54) is 12.1 Å². The van der Waals surface area contributed by atoms with Crippen LogP contribution in [0.4, 0.5) is 10.1 Å². The quantitative estimate of drug-likeness (QED) is 0.425.